The summed E-state index contributed by atoms with van der Waals surface area (Å²) in [5.41, 5.74) is 0.881. The maximum atomic E-state index is 11.7. The van der Waals surface area contributed by atoms with Gasteiger partial charge in [0, 0.05) is 11.1 Å². The summed E-state index contributed by atoms with van der Waals surface area (Å²) >= 11 is 0. The molecule has 0 radical (unpaired) electrons. The Labute approximate surface area is 87.1 Å². The van der Waals surface area contributed by atoms with E-state index in [1.807, 2.05) is 0 Å². The van der Waals surface area contributed by atoms with Crippen molar-refractivity contribution in [1.29, 1.82) is 0 Å². The van der Waals surface area contributed by atoms with E-state index in [0.717, 1.165) is 0 Å². The van der Waals surface area contributed by atoms with Gasteiger partial charge >= 0.3 is 0 Å². The van der Waals surface area contributed by atoms with Crippen LogP contribution in [-0.4, -0.2) is 16.7 Å². The maximum absolute atomic E-state index is 11.7. The molecule has 1 unspecified atom stereocenters. The van der Waals surface area contributed by atoms with Gasteiger partial charge in [-0.1, -0.05) is 12.2 Å². The van der Waals surface area contributed by atoms with E-state index in [4.69, 9.17) is 0 Å². The van der Waals surface area contributed by atoms with Crippen LogP contribution in [0.1, 0.15) is 6.92 Å². The maximum Gasteiger partial charge on any atom is 0.185 e. The molecule has 0 heterocycles. The van der Waals surface area contributed by atoms with Crippen LogP contribution in [0.4, 0.5) is 0 Å². The Hall–Kier alpha value is -1.90. The highest BCUT2D eigenvalue weighted by molar-refractivity contribution is 6.19. The number of aliphatic hydroxyl groups is 1. The summed E-state index contributed by atoms with van der Waals surface area (Å²) in [6, 6.07) is 0. The fraction of sp³-hybridized carbons (Fsp3) is 0.167. The second-order valence-electron chi connectivity index (χ2n) is 3.61. The number of fused-ring (bicyclic) bond motifs is 1. The van der Waals surface area contributed by atoms with Crippen LogP contribution in [0.2, 0.25) is 0 Å². The Morgan fingerprint density at radius 2 is 2.07 bits per heavy atom. The van der Waals surface area contributed by atoms with Crippen LogP contribution in [0, 0.1) is 5.92 Å². The Morgan fingerprint density at radius 3 is 2.80 bits per heavy atom. The number of rotatable bonds is 0. The molecule has 0 spiro atoms. The molecule has 0 aliphatic heterocycles. The van der Waals surface area contributed by atoms with E-state index in [1.165, 1.54) is 18.2 Å². The minimum Gasteiger partial charge on any atom is -0.508 e. The van der Waals surface area contributed by atoms with Crippen molar-refractivity contribution >= 4 is 11.6 Å². The van der Waals surface area contributed by atoms with Gasteiger partial charge < -0.3 is 5.11 Å². The molecule has 0 aromatic carbocycles. The first-order valence-electron chi connectivity index (χ1n) is 4.65. The molecule has 0 saturated carbocycles. The second-order valence-corrected chi connectivity index (χ2v) is 3.61. The predicted octanol–water partition coefficient (Wildman–Crippen LogP) is 1.64. The standard InChI is InChI=1S/C12H10O3/c1-7-5-11(14)10-6-8(13)3-2-4-9(10)12(7)15/h2-6,10,13H,1H3. The van der Waals surface area contributed by atoms with E-state index >= 15 is 0 Å². The van der Waals surface area contributed by atoms with Crippen molar-refractivity contribution in [3.05, 3.63) is 47.3 Å². The van der Waals surface area contributed by atoms with Crippen LogP contribution in [0.15, 0.2) is 47.3 Å². The minimum absolute atomic E-state index is 0.0142. The molecule has 0 aromatic heterocycles. The van der Waals surface area contributed by atoms with E-state index < -0.39 is 5.92 Å². The average Bonchev–Trinajstić information content (AvgIpc) is 2.37. The van der Waals surface area contributed by atoms with Crippen molar-refractivity contribution in [2.75, 3.05) is 0 Å². The van der Waals surface area contributed by atoms with E-state index in [9.17, 15) is 14.7 Å². The molecule has 2 aliphatic rings. The lowest BCUT2D eigenvalue weighted by molar-refractivity contribution is -0.120. The van der Waals surface area contributed by atoms with Crippen molar-refractivity contribution in [3.63, 3.8) is 0 Å². The van der Waals surface area contributed by atoms with Crippen molar-refractivity contribution in [2.45, 2.75) is 6.92 Å². The molecular formula is C12H10O3. The number of aliphatic hydroxyl groups excluding tert-OH is 1. The lowest BCUT2D eigenvalue weighted by Gasteiger charge is -2.18. The van der Waals surface area contributed by atoms with Crippen molar-refractivity contribution in [1.82, 2.24) is 0 Å². The molecule has 0 amide bonds. The van der Waals surface area contributed by atoms with Crippen LogP contribution < -0.4 is 0 Å². The van der Waals surface area contributed by atoms with Crippen LogP contribution in [0.5, 0.6) is 0 Å². The number of allylic oxidation sites excluding steroid dienone is 7. The third-order valence-corrected chi connectivity index (χ3v) is 2.50. The van der Waals surface area contributed by atoms with Gasteiger partial charge in [-0.05, 0) is 25.2 Å². The number of hydrogen-bond donors (Lipinski definition) is 1. The van der Waals surface area contributed by atoms with Gasteiger partial charge in [0.1, 0.15) is 5.76 Å². The van der Waals surface area contributed by atoms with Gasteiger partial charge in [-0.25, -0.2) is 0 Å². The molecule has 2 aliphatic carbocycles. The van der Waals surface area contributed by atoms with E-state index in [-0.39, 0.29) is 17.3 Å². The first-order chi connectivity index (χ1) is 7.09. The van der Waals surface area contributed by atoms with Crippen molar-refractivity contribution < 1.29 is 14.7 Å². The predicted molar refractivity (Wildman–Crippen MR) is 55.2 cm³/mol. The zero-order valence-electron chi connectivity index (χ0n) is 8.23. The summed E-state index contributed by atoms with van der Waals surface area (Å²) in [6.07, 6.45) is 7.35. The number of carbonyl (C=O) groups is 2. The first-order valence-corrected chi connectivity index (χ1v) is 4.65. The number of carbonyl (C=O) groups excluding carboxylic acids is 2. The molecule has 0 saturated heterocycles. The van der Waals surface area contributed by atoms with Crippen LogP contribution in [-0.2, 0) is 9.59 Å². The van der Waals surface area contributed by atoms with E-state index in [0.29, 0.717) is 11.1 Å². The van der Waals surface area contributed by atoms with Gasteiger partial charge in [-0.3, -0.25) is 9.59 Å². The summed E-state index contributed by atoms with van der Waals surface area (Å²) in [5, 5.41) is 9.35. The molecule has 3 heteroatoms. The zero-order chi connectivity index (χ0) is 11.0. The summed E-state index contributed by atoms with van der Waals surface area (Å²) in [5.74, 6) is -0.902. The summed E-state index contributed by atoms with van der Waals surface area (Å²) in [4.78, 5) is 23.4. The molecule has 76 valence electrons. The van der Waals surface area contributed by atoms with Gasteiger partial charge in [-0.15, -0.1) is 0 Å². The number of hydrogen-bond acceptors (Lipinski definition) is 3. The summed E-state index contributed by atoms with van der Waals surface area (Å²) in [7, 11) is 0. The molecule has 15 heavy (non-hydrogen) atoms. The fourth-order valence-corrected chi connectivity index (χ4v) is 1.72. The lowest BCUT2D eigenvalue weighted by Crippen LogP contribution is -2.25. The Kier molecular flexibility index (Phi) is 2.15. The topological polar surface area (TPSA) is 54.4 Å². The minimum atomic E-state index is -0.629. The van der Waals surface area contributed by atoms with Crippen LogP contribution in [0.25, 0.3) is 0 Å². The van der Waals surface area contributed by atoms with E-state index in [1.54, 1.807) is 19.1 Å². The molecule has 0 aromatic rings. The highest BCUT2D eigenvalue weighted by atomic mass is 16.3. The zero-order valence-corrected chi connectivity index (χ0v) is 8.23. The number of ketones is 2. The average molecular weight is 202 g/mol. The fourth-order valence-electron chi connectivity index (χ4n) is 1.72. The Bertz CT molecular complexity index is 461. The highest BCUT2D eigenvalue weighted by Gasteiger charge is 2.30. The molecule has 3 nitrogen and oxygen atoms in total. The molecular weight excluding hydrogens is 192 g/mol. The SMILES string of the molecule is CC1=CC(=O)C2C=C(O)C=CC=C2C1=O. The van der Waals surface area contributed by atoms with Gasteiger partial charge in [0.05, 0.1) is 5.92 Å². The Balaban J connectivity index is 2.56. The van der Waals surface area contributed by atoms with Crippen molar-refractivity contribution in [2.24, 2.45) is 5.92 Å². The normalized spacial score (nSPS) is 25.1. The molecule has 1 N–H and O–H groups in total. The smallest absolute Gasteiger partial charge is 0.185 e. The highest BCUT2D eigenvalue weighted by Crippen LogP contribution is 2.27. The first kappa shape index (κ1) is 9.65. The molecule has 2 rings (SSSR count). The van der Waals surface area contributed by atoms with Crippen molar-refractivity contribution in [3.8, 4) is 0 Å². The number of Topliss-reactive ketones (excluding diaryl/α,β-unsaturated/α-hetero) is 1. The van der Waals surface area contributed by atoms with Gasteiger partial charge in [0.25, 0.3) is 0 Å². The van der Waals surface area contributed by atoms with Crippen LogP contribution in [0.3, 0.4) is 0 Å². The summed E-state index contributed by atoms with van der Waals surface area (Å²) in [6.45, 7) is 1.62. The molecule has 1 atom stereocenters. The largest absolute Gasteiger partial charge is 0.508 e. The second kappa shape index (κ2) is 3.35. The molecule has 0 fully saturated rings. The van der Waals surface area contributed by atoms with Gasteiger partial charge in [-0.2, -0.15) is 0 Å². The lowest BCUT2D eigenvalue weighted by atomic mass is 9.83. The van der Waals surface area contributed by atoms with E-state index in [2.05, 4.69) is 0 Å². The van der Waals surface area contributed by atoms with Gasteiger partial charge in [0.2, 0.25) is 0 Å². The summed E-state index contributed by atoms with van der Waals surface area (Å²) < 4.78 is 0. The quantitative estimate of drug-likeness (QED) is 0.649. The van der Waals surface area contributed by atoms with Crippen LogP contribution >= 0.6 is 0 Å². The van der Waals surface area contributed by atoms with Gasteiger partial charge in [0.15, 0.2) is 11.6 Å². The third-order valence-electron chi connectivity index (χ3n) is 2.50. The monoisotopic (exact) mass is 202 g/mol. The molecule has 0 bridgehead atoms. The Morgan fingerprint density at radius 1 is 1.33 bits per heavy atom. The third kappa shape index (κ3) is 1.56.